The predicted molar refractivity (Wildman–Crippen MR) is 80.5 cm³/mol. The van der Waals surface area contributed by atoms with E-state index in [9.17, 15) is 9.59 Å². The molecule has 1 saturated heterocycles. The van der Waals surface area contributed by atoms with Gasteiger partial charge in [0.15, 0.2) is 6.10 Å². The number of nitrogens with one attached hydrogen (secondary N) is 1. The van der Waals surface area contributed by atoms with E-state index in [4.69, 9.17) is 16.3 Å². The van der Waals surface area contributed by atoms with Gasteiger partial charge in [0.05, 0.1) is 5.02 Å². The van der Waals surface area contributed by atoms with Gasteiger partial charge in [-0.15, -0.1) is 0 Å². The molecule has 1 atom stereocenters. The second-order valence-corrected chi connectivity index (χ2v) is 5.53. The SMILES string of the molecule is Cc1ccc(Cl)c(O[C@H](C)C(=O)N2CCNC(=O)CC2)c1. The van der Waals surface area contributed by atoms with Gasteiger partial charge in [-0.2, -0.15) is 0 Å². The summed E-state index contributed by atoms with van der Waals surface area (Å²) in [6.07, 6.45) is -0.318. The van der Waals surface area contributed by atoms with Crippen molar-refractivity contribution < 1.29 is 14.3 Å². The first-order valence-corrected chi connectivity index (χ1v) is 7.33. The van der Waals surface area contributed by atoms with Crippen LogP contribution in [0, 0.1) is 6.92 Å². The first-order valence-electron chi connectivity index (χ1n) is 6.95. The van der Waals surface area contributed by atoms with Gasteiger partial charge in [-0.05, 0) is 31.5 Å². The minimum Gasteiger partial charge on any atom is -0.479 e. The number of amides is 2. The highest BCUT2D eigenvalue weighted by molar-refractivity contribution is 6.32. The summed E-state index contributed by atoms with van der Waals surface area (Å²) in [7, 11) is 0. The average Bonchev–Trinajstić information content (AvgIpc) is 2.67. The fourth-order valence-corrected chi connectivity index (χ4v) is 2.35. The van der Waals surface area contributed by atoms with Crippen LogP contribution < -0.4 is 10.1 Å². The third kappa shape index (κ3) is 4.11. The Bertz CT molecular complexity index is 548. The van der Waals surface area contributed by atoms with Crippen LogP contribution in [0.4, 0.5) is 0 Å². The second kappa shape index (κ2) is 6.80. The van der Waals surface area contributed by atoms with Crippen molar-refractivity contribution in [2.45, 2.75) is 26.4 Å². The summed E-state index contributed by atoms with van der Waals surface area (Å²) in [5, 5.41) is 3.22. The van der Waals surface area contributed by atoms with Crippen molar-refractivity contribution in [3.63, 3.8) is 0 Å². The van der Waals surface area contributed by atoms with E-state index in [2.05, 4.69) is 5.32 Å². The van der Waals surface area contributed by atoms with Crippen molar-refractivity contribution in [1.82, 2.24) is 10.2 Å². The van der Waals surface area contributed by atoms with E-state index in [1.54, 1.807) is 24.0 Å². The van der Waals surface area contributed by atoms with Crippen LogP contribution in [-0.4, -0.2) is 42.5 Å². The topological polar surface area (TPSA) is 58.6 Å². The fourth-order valence-electron chi connectivity index (χ4n) is 2.19. The number of hydrogen-bond donors (Lipinski definition) is 1. The lowest BCUT2D eigenvalue weighted by molar-refractivity contribution is -0.137. The summed E-state index contributed by atoms with van der Waals surface area (Å²) in [6, 6.07) is 5.44. The van der Waals surface area contributed by atoms with Crippen molar-refractivity contribution in [2.75, 3.05) is 19.6 Å². The van der Waals surface area contributed by atoms with Gasteiger partial charge in [0, 0.05) is 26.1 Å². The minimum atomic E-state index is -0.641. The maximum atomic E-state index is 12.4. The highest BCUT2D eigenvalue weighted by Gasteiger charge is 2.24. The van der Waals surface area contributed by atoms with Crippen LogP contribution in [0.1, 0.15) is 18.9 Å². The molecular weight excluding hydrogens is 292 g/mol. The number of nitrogens with zero attached hydrogens (tertiary/aromatic N) is 1. The molecule has 2 rings (SSSR count). The number of rotatable bonds is 3. The molecular formula is C15H19ClN2O3. The molecule has 0 aliphatic carbocycles. The van der Waals surface area contributed by atoms with E-state index in [0.717, 1.165) is 5.56 Å². The van der Waals surface area contributed by atoms with Gasteiger partial charge in [-0.1, -0.05) is 17.7 Å². The molecule has 0 bridgehead atoms. The zero-order valence-electron chi connectivity index (χ0n) is 12.2. The molecule has 0 spiro atoms. The Morgan fingerprint density at radius 1 is 1.43 bits per heavy atom. The molecule has 0 aromatic heterocycles. The maximum absolute atomic E-state index is 12.4. The van der Waals surface area contributed by atoms with Crippen LogP contribution in [0.5, 0.6) is 5.75 Å². The Balaban J connectivity index is 2.02. The molecule has 0 saturated carbocycles. The van der Waals surface area contributed by atoms with E-state index in [1.165, 1.54) is 0 Å². The van der Waals surface area contributed by atoms with Gasteiger partial charge in [0.25, 0.3) is 5.91 Å². The number of aryl methyl sites for hydroxylation is 1. The molecule has 1 aromatic carbocycles. The maximum Gasteiger partial charge on any atom is 0.263 e. The number of benzene rings is 1. The lowest BCUT2D eigenvalue weighted by Crippen LogP contribution is -2.42. The van der Waals surface area contributed by atoms with Crippen LogP contribution in [0.25, 0.3) is 0 Å². The van der Waals surface area contributed by atoms with Crippen molar-refractivity contribution in [3.05, 3.63) is 28.8 Å². The smallest absolute Gasteiger partial charge is 0.263 e. The standard InChI is InChI=1S/C15H19ClN2O3/c1-10-3-4-12(16)13(9-10)21-11(2)15(20)18-7-5-14(19)17-6-8-18/h3-4,9,11H,5-8H2,1-2H3,(H,17,19)/t11-/m1/s1. The first-order chi connectivity index (χ1) is 9.97. The first kappa shape index (κ1) is 15.6. The molecule has 1 aliphatic rings. The normalized spacial score (nSPS) is 16.9. The molecule has 2 amide bonds. The Kier molecular flexibility index (Phi) is 5.07. The van der Waals surface area contributed by atoms with E-state index in [1.807, 2.05) is 13.0 Å². The van der Waals surface area contributed by atoms with Gasteiger partial charge >= 0.3 is 0 Å². The Morgan fingerprint density at radius 2 is 2.19 bits per heavy atom. The molecule has 21 heavy (non-hydrogen) atoms. The third-order valence-electron chi connectivity index (χ3n) is 3.36. The molecule has 114 valence electrons. The summed E-state index contributed by atoms with van der Waals surface area (Å²) in [5.74, 6) is 0.339. The number of ether oxygens (including phenoxy) is 1. The number of hydrogen-bond acceptors (Lipinski definition) is 3. The van der Waals surface area contributed by atoms with Crippen LogP contribution in [0.3, 0.4) is 0 Å². The van der Waals surface area contributed by atoms with Crippen LogP contribution in [0.15, 0.2) is 18.2 Å². The summed E-state index contributed by atoms with van der Waals surface area (Å²) in [4.78, 5) is 25.3. The minimum absolute atomic E-state index is 0.0272. The lowest BCUT2D eigenvalue weighted by atomic mass is 10.2. The number of halogens is 1. The summed E-state index contributed by atoms with van der Waals surface area (Å²) in [5.41, 5.74) is 1.01. The molecule has 1 aromatic rings. The van der Waals surface area contributed by atoms with Crippen molar-refractivity contribution in [3.8, 4) is 5.75 Å². The molecule has 5 nitrogen and oxygen atoms in total. The number of carbonyl (C=O) groups excluding carboxylic acids is 2. The second-order valence-electron chi connectivity index (χ2n) is 5.12. The molecule has 0 unspecified atom stereocenters. The predicted octanol–water partition coefficient (Wildman–Crippen LogP) is 1.76. The van der Waals surface area contributed by atoms with Crippen LogP contribution >= 0.6 is 11.6 Å². The van der Waals surface area contributed by atoms with Crippen LogP contribution in [-0.2, 0) is 9.59 Å². The van der Waals surface area contributed by atoms with Gasteiger partial charge in [-0.25, -0.2) is 0 Å². The quantitative estimate of drug-likeness (QED) is 0.925. The monoisotopic (exact) mass is 310 g/mol. The Hall–Kier alpha value is -1.75. The number of carbonyl (C=O) groups is 2. The van der Waals surface area contributed by atoms with Crippen molar-refractivity contribution >= 4 is 23.4 Å². The van der Waals surface area contributed by atoms with Gasteiger partial charge in [0.2, 0.25) is 5.91 Å². The summed E-state index contributed by atoms with van der Waals surface area (Å²) in [6.45, 7) is 5.02. The summed E-state index contributed by atoms with van der Waals surface area (Å²) >= 11 is 6.07. The van der Waals surface area contributed by atoms with E-state index < -0.39 is 6.10 Å². The van der Waals surface area contributed by atoms with Gasteiger partial charge in [0.1, 0.15) is 5.75 Å². The van der Waals surface area contributed by atoms with E-state index >= 15 is 0 Å². The van der Waals surface area contributed by atoms with Crippen LogP contribution in [0.2, 0.25) is 5.02 Å². The lowest BCUT2D eigenvalue weighted by Gasteiger charge is -2.24. The highest BCUT2D eigenvalue weighted by Crippen LogP contribution is 2.26. The zero-order chi connectivity index (χ0) is 15.4. The molecule has 1 fully saturated rings. The van der Waals surface area contributed by atoms with Gasteiger partial charge < -0.3 is 15.0 Å². The van der Waals surface area contributed by atoms with Crippen molar-refractivity contribution in [1.29, 1.82) is 0 Å². The van der Waals surface area contributed by atoms with Crippen molar-refractivity contribution in [2.24, 2.45) is 0 Å². The molecule has 1 heterocycles. The molecule has 1 N–H and O–H groups in total. The largest absolute Gasteiger partial charge is 0.479 e. The fraction of sp³-hybridized carbons (Fsp3) is 0.467. The van der Waals surface area contributed by atoms with Gasteiger partial charge in [-0.3, -0.25) is 9.59 Å². The highest BCUT2D eigenvalue weighted by atomic mass is 35.5. The molecule has 0 radical (unpaired) electrons. The average molecular weight is 311 g/mol. The van der Waals surface area contributed by atoms with E-state index in [0.29, 0.717) is 36.8 Å². The zero-order valence-corrected chi connectivity index (χ0v) is 12.9. The van der Waals surface area contributed by atoms with E-state index in [-0.39, 0.29) is 11.8 Å². The Morgan fingerprint density at radius 3 is 2.95 bits per heavy atom. The Labute approximate surface area is 129 Å². The summed E-state index contributed by atoms with van der Waals surface area (Å²) < 4.78 is 5.68. The molecule has 6 heteroatoms. The molecule has 1 aliphatic heterocycles. The third-order valence-corrected chi connectivity index (χ3v) is 3.67.